The summed E-state index contributed by atoms with van der Waals surface area (Å²) in [5.74, 6) is 0.977. The lowest BCUT2D eigenvalue weighted by molar-refractivity contribution is 0.538. The Labute approximate surface area is 108 Å². The zero-order valence-electron chi connectivity index (χ0n) is 11.2. The van der Waals surface area contributed by atoms with Crippen LogP contribution in [0.5, 0.6) is 0 Å². The minimum absolute atomic E-state index is 0.465. The Morgan fingerprint density at radius 2 is 1.78 bits per heavy atom. The molecule has 1 aromatic heterocycles. The van der Waals surface area contributed by atoms with E-state index in [1.54, 1.807) is 6.07 Å². The van der Waals surface area contributed by atoms with Crippen LogP contribution in [0.3, 0.4) is 0 Å². The van der Waals surface area contributed by atoms with Gasteiger partial charge in [-0.05, 0) is 30.5 Å². The average molecular weight is 237 g/mol. The van der Waals surface area contributed by atoms with E-state index in [0.29, 0.717) is 11.6 Å². The first kappa shape index (κ1) is 9.95. The van der Waals surface area contributed by atoms with Crippen molar-refractivity contribution in [3.63, 3.8) is 0 Å². The Hall–Kier alpha value is -2.02. The molecule has 0 aliphatic heterocycles. The first-order valence-corrected chi connectivity index (χ1v) is 6.35. The number of para-hydroxylation sites is 1. The third-order valence-corrected chi connectivity index (χ3v) is 3.13. The molecule has 0 amide bonds. The van der Waals surface area contributed by atoms with Gasteiger partial charge in [0.15, 0.2) is 0 Å². The van der Waals surface area contributed by atoms with Crippen LogP contribution in [-0.4, -0.2) is 0 Å². The van der Waals surface area contributed by atoms with Crippen LogP contribution in [0.1, 0.15) is 19.1 Å². The van der Waals surface area contributed by atoms with Crippen molar-refractivity contribution >= 4 is 11.0 Å². The maximum absolute atomic E-state index is 7.79. The molecule has 0 atom stereocenters. The minimum atomic E-state index is 0.465. The van der Waals surface area contributed by atoms with Crippen molar-refractivity contribution in [1.82, 2.24) is 0 Å². The standard InChI is InChI=1S/C17H16O/c1-2-7-14(8-3-1)9-6-11-16-13-15-10-4-5-12-17(15)18-16/h1-5,7-8,10,12-13H,6,9,11H2/i12D. The van der Waals surface area contributed by atoms with Crippen LogP contribution in [0.4, 0.5) is 0 Å². The second-order valence-electron chi connectivity index (χ2n) is 4.51. The van der Waals surface area contributed by atoms with Crippen LogP contribution in [-0.2, 0) is 12.8 Å². The molecular weight excluding hydrogens is 220 g/mol. The average Bonchev–Trinajstić information content (AvgIpc) is 2.84. The predicted octanol–water partition coefficient (Wildman–Crippen LogP) is 4.61. The van der Waals surface area contributed by atoms with Crippen molar-refractivity contribution in [2.24, 2.45) is 0 Å². The molecule has 0 saturated carbocycles. The molecule has 0 spiro atoms. The van der Waals surface area contributed by atoms with Crippen LogP contribution < -0.4 is 0 Å². The molecule has 0 saturated heterocycles. The molecule has 1 nitrogen and oxygen atoms in total. The zero-order chi connectivity index (χ0) is 13.1. The third kappa shape index (κ3) is 2.45. The highest BCUT2D eigenvalue weighted by Gasteiger charge is 2.02. The van der Waals surface area contributed by atoms with Crippen molar-refractivity contribution in [2.45, 2.75) is 19.3 Å². The van der Waals surface area contributed by atoms with Crippen molar-refractivity contribution in [3.8, 4) is 0 Å². The van der Waals surface area contributed by atoms with Crippen molar-refractivity contribution in [2.75, 3.05) is 0 Å². The van der Waals surface area contributed by atoms with E-state index in [1.165, 1.54) is 5.56 Å². The fraction of sp³-hybridized carbons (Fsp3) is 0.176. The summed E-state index contributed by atoms with van der Waals surface area (Å²) in [6.07, 6.45) is 3.05. The van der Waals surface area contributed by atoms with E-state index in [-0.39, 0.29) is 0 Å². The molecule has 0 N–H and O–H groups in total. The Morgan fingerprint density at radius 1 is 0.944 bits per heavy atom. The number of rotatable bonds is 4. The Bertz CT molecular complexity index is 670. The maximum Gasteiger partial charge on any atom is 0.134 e. The Balaban J connectivity index is 1.67. The monoisotopic (exact) mass is 237 g/mol. The largest absolute Gasteiger partial charge is 0.461 e. The Morgan fingerprint density at radius 3 is 2.61 bits per heavy atom. The molecule has 2 aromatic carbocycles. The summed E-state index contributed by atoms with van der Waals surface area (Å²) in [5.41, 5.74) is 2.07. The van der Waals surface area contributed by atoms with Gasteiger partial charge in [0.2, 0.25) is 0 Å². The molecule has 3 aromatic rings. The fourth-order valence-electron chi connectivity index (χ4n) is 2.21. The zero-order valence-corrected chi connectivity index (χ0v) is 10.2. The quantitative estimate of drug-likeness (QED) is 0.646. The van der Waals surface area contributed by atoms with E-state index in [0.717, 1.165) is 30.4 Å². The van der Waals surface area contributed by atoms with E-state index < -0.39 is 0 Å². The molecule has 1 heterocycles. The number of benzene rings is 2. The molecule has 0 fully saturated rings. The van der Waals surface area contributed by atoms with Gasteiger partial charge >= 0.3 is 0 Å². The summed E-state index contributed by atoms with van der Waals surface area (Å²) >= 11 is 0. The van der Waals surface area contributed by atoms with Crippen LogP contribution in [0.15, 0.2) is 65.1 Å². The molecule has 0 radical (unpaired) electrons. The molecule has 0 aliphatic carbocycles. The molecular formula is C17H16O. The lowest BCUT2D eigenvalue weighted by Gasteiger charge is -1.99. The molecule has 0 aliphatic rings. The topological polar surface area (TPSA) is 13.1 Å². The summed E-state index contributed by atoms with van der Waals surface area (Å²) in [6.45, 7) is 0. The second-order valence-corrected chi connectivity index (χ2v) is 4.51. The van der Waals surface area contributed by atoms with Crippen molar-refractivity contribution in [1.29, 1.82) is 0 Å². The summed E-state index contributed by atoms with van der Waals surface area (Å²) in [6, 6.07) is 18.7. The van der Waals surface area contributed by atoms with Gasteiger partial charge < -0.3 is 4.42 Å². The molecule has 3 rings (SSSR count). The fourth-order valence-corrected chi connectivity index (χ4v) is 2.21. The number of hydrogen-bond donors (Lipinski definition) is 0. The lowest BCUT2D eigenvalue weighted by atomic mass is 10.1. The van der Waals surface area contributed by atoms with E-state index in [9.17, 15) is 0 Å². The lowest BCUT2D eigenvalue weighted by Crippen LogP contribution is -1.87. The van der Waals surface area contributed by atoms with Gasteiger partial charge in [0.1, 0.15) is 11.3 Å². The van der Waals surface area contributed by atoms with Gasteiger partial charge in [-0.15, -0.1) is 0 Å². The van der Waals surface area contributed by atoms with Gasteiger partial charge in [0.25, 0.3) is 0 Å². The van der Waals surface area contributed by atoms with Gasteiger partial charge in [-0.3, -0.25) is 0 Å². The SMILES string of the molecule is [2H]c1cccc2cc(CCCc3ccccc3)oc12. The predicted molar refractivity (Wildman–Crippen MR) is 74.7 cm³/mol. The first-order chi connectivity index (χ1) is 9.33. The highest BCUT2D eigenvalue weighted by atomic mass is 16.3. The maximum atomic E-state index is 7.79. The molecule has 18 heavy (non-hydrogen) atoms. The summed E-state index contributed by atoms with van der Waals surface area (Å²) < 4.78 is 13.5. The minimum Gasteiger partial charge on any atom is -0.461 e. The number of fused-ring (bicyclic) bond motifs is 1. The highest BCUT2D eigenvalue weighted by molar-refractivity contribution is 5.77. The molecule has 90 valence electrons. The van der Waals surface area contributed by atoms with Crippen LogP contribution in [0, 0.1) is 0 Å². The van der Waals surface area contributed by atoms with E-state index >= 15 is 0 Å². The van der Waals surface area contributed by atoms with Gasteiger partial charge in [0, 0.05) is 11.8 Å². The summed E-state index contributed by atoms with van der Waals surface area (Å²) in [7, 11) is 0. The van der Waals surface area contributed by atoms with Crippen molar-refractivity contribution < 1.29 is 5.79 Å². The highest BCUT2D eigenvalue weighted by Crippen LogP contribution is 2.20. The van der Waals surface area contributed by atoms with Gasteiger partial charge in [-0.1, -0.05) is 48.5 Å². The van der Waals surface area contributed by atoms with Crippen molar-refractivity contribution in [3.05, 3.63) is 72.0 Å². The van der Waals surface area contributed by atoms with E-state index in [4.69, 9.17) is 5.79 Å². The van der Waals surface area contributed by atoms with E-state index in [1.807, 2.05) is 18.2 Å². The summed E-state index contributed by atoms with van der Waals surface area (Å²) in [4.78, 5) is 0. The number of hydrogen-bond acceptors (Lipinski definition) is 1. The van der Waals surface area contributed by atoms with Gasteiger partial charge in [-0.2, -0.15) is 0 Å². The summed E-state index contributed by atoms with van der Waals surface area (Å²) in [5, 5.41) is 1.03. The molecule has 1 heteroatoms. The van der Waals surface area contributed by atoms with Gasteiger partial charge in [0.05, 0.1) is 1.37 Å². The first-order valence-electron chi connectivity index (χ1n) is 6.85. The number of aryl methyl sites for hydroxylation is 2. The Kier molecular flexibility index (Phi) is 2.82. The normalized spacial score (nSPS) is 11.7. The number of furan rings is 1. The second kappa shape index (κ2) is 5.09. The molecule has 0 bridgehead atoms. The van der Waals surface area contributed by atoms with Crippen LogP contribution >= 0.6 is 0 Å². The third-order valence-electron chi connectivity index (χ3n) is 3.13. The van der Waals surface area contributed by atoms with Crippen LogP contribution in [0.2, 0.25) is 0 Å². The van der Waals surface area contributed by atoms with Crippen LogP contribution in [0.25, 0.3) is 11.0 Å². The van der Waals surface area contributed by atoms with Gasteiger partial charge in [-0.25, -0.2) is 0 Å². The smallest absolute Gasteiger partial charge is 0.134 e. The van der Waals surface area contributed by atoms with E-state index in [2.05, 4.69) is 30.3 Å². The molecule has 0 unspecified atom stereocenters.